The van der Waals surface area contributed by atoms with Gasteiger partial charge < -0.3 is 28.6 Å². The maximum absolute atomic E-state index is 13.1. The lowest BCUT2D eigenvalue weighted by molar-refractivity contribution is 0.335. The number of fused-ring (bicyclic) bond motifs is 2. The predicted molar refractivity (Wildman–Crippen MR) is 97.3 cm³/mol. The van der Waals surface area contributed by atoms with E-state index in [4.69, 9.17) is 18.9 Å². The van der Waals surface area contributed by atoms with Gasteiger partial charge in [0, 0.05) is 11.9 Å². The summed E-state index contributed by atoms with van der Waals surface area (Å²) in [6.07, 6.45) is 0.706. The highest BCUT2D eigenvalue weighted by atomic mass is 16.5. The number of rotatable bonds is 4. The summed E-state index contributed by atoms with van der Waals surface area (Å²) in [4.78, 5) is 13.1. The molecule has 0 bridgehead atoms. The summed E-state index contributed by atoms with van der Waals surface area (Å²) in [6.45, 7) is 0.532. The maximum atomic E-state index is 13.1. The number of nitrogens with zero attached hydrogens (tertiary/aromatic N) is 1. The quantitative estimate of drug-likeness (QED) is 0.723. The highest BCUT2D eigenvalue weighted by Gasteiger charge is 2.28. The van der Waals surface area contributed by atoms with Crippen LogP contribution < -0.4 is 24.5 Å². The van der Waals surface area contributed by atoms with Crippen molar-refractivity contribution in [2.24, 2.45) is 0 Å². The van der Waals surface area contributed by atoms with E-state index in [9.17, 15) is 9.90 Å². The van der Waals surface area contributed by atoms with Crippen LogP contribution in [0, 0.1) is 0 Å². The summed E-state index contributed by atoms with van der Waals surface area (Å²) in [6, 6.07) is 3.59. The van der Waals surface area contributed by atoms with Gasteiger partial charge >= 0.3 is 0 Å². The number of hydrogen-bond donors (Lipinski definition) is 1. The minimum absolute atomic E-state index is 0.129. The molecule has 2 heterocycles. The van der Waals surface area contributed by atoms with Crippen LogP contribution in [0.5, 0.6) is 28.7 Å². The van der Waals surface area contributed by atoms with E-state index in [0.717, 1.165) is 11.1 Å². The van der Waals surface area contributed by atoms with E-state index in [0.29, 0.717) is 41.0 Å². The van der Waals surface area contributed by atoms with Gasteiger partial charge in [0.2, 0.25) is 5.75 Å². The Balaban J connectivity index is 2.35. The van der Waals surface area contributed by atoms with Crippen LogP contribution in [0.2, 0.25) is 0 Å². The minimum atomic E-state index is -0.267. The summed E-state index contributed by atoms with van der Waals surface area (Å²) in [5, 5.41) is 12.2. The third kappa shape index (κ3) is 1.91. The summed E-state index contributed by atoms with van der Waals surface area (Å²) < 4.78 is 23.4. The summed E-state index contributed by atoms with van der Waals surface area (Å²) in [7, 11) is 6.03. The predicted octanol–water partition coefficient (Wildman–Crippen LogP) is 2.45. The van der Waals surface area contributed by atoms with Crippen LogP contribution in [-0.2, 0) is 13.0 Å². The summed E-state index contributed by atoms with van der Waals surface area (Å²) in [5.74, 6) is 1.32. The van der Waals surface area contributed by atoms with Gasteiger partial charge in [0.1, 0.15) is 0 Å². The van der Waals surface area contributed by atoms with Gasteiger partial charge in [-0.1, -0.05) is 0 Å². The fraction of sp³-hybridized carbons (Fsp3) is 0.316. The fourth-order valence-electron chi connectivity index (χ4n) is 3.86. The van der Waals surface area contributed by atoms with Crippen molar-refractivity contribution < 1.29 is 24.1 Å². The molecule has 0 aliphatic carbocycles. The minimum Gasteiger partial charge on any atom is -0.504 e. The van der Waals surface area contributed by atoms with Crippen molar-refractivity contribution in [1.82, 2.24) is 4.57 Å². The van der Waals surface area contributed by atoms with E-state index in [1.807, 2.05) is 6.07 Å². The van der Waals surface area contributed by atoms with Gasteiger partial charge in [-0.05, 0) is 24.1 Å². The first-order chi connectivity index (χ1) is 12.6. The van der Waals surface area contributed by atoms with Crippen molar-refractivity contribution in [2.45, 2.75) is 13.0 Å². The van der Waals surface area contributed by atoms with Crippen LogP contribution in [0.15, 0.2) is 16.9 Å². The number of phenolic OH excluding ortho intramolecular Hbond substituents is 1. The Bertz CT molecular complexity index is 1120. The normalized spacial score (nSPS) is 12.6. The number of benzene rings is 2. The lowest BCUT2D eigenvalue weighted by Gasteiger charge is -2.17. The average Bonchev–Trinajstić information content (AvgIpc) is 3.08. The number of aromatic nitrogens is 1. The molecule has 26 heavy (non-hydrogen) atoms. The molecule has 0 saturated heterocycles. The number of ether oxygens (including phenoxy) is 4. The first-order valence-electron chi connectivity index (χ1n) is 8.15. The Hall–Kier alpha value is -3.09. The second-order valence-electron chi connectivity index (χ2n) is 6.08. The number of pyridine rings is 1. The summed E-state index contributed by atoms with van der Waals surface area (Å²) in [5.41, 5.74) is 1.54. The maximum Gasteiger partial charge on any atom is 0.262 e. The third-order valence-electron chi connectivity index (χ3n) is 4.97. The second-order valence-corrected chi connectivity index (χ2v) is 6.08. The second kappa shape index (κ2) is 5.72. The van der Waals surface area contributed by atoms with E-state index in [2.05, 4.69) is 0 Å². The topological polar surface area (TPSA) is 79.2 Å². The molecule has 1 aliphatic heterocycles. The molecule has 1 aromatic heterocycles. The number of phenols is 1. The Morgan fingerprint density at radius 2 is 1.58 bits per heavy atom. The Labute approximate surface area is 149 Å². The molecule has 136 valence electrons. The van der Waals surface area contributed by atoms with Gasteiger partial charge in [0.15, 0.2) is 23.0 Å². The molecule has 3 aromatic rings. The molecule has 0 atom stereocenters. The zero-order chi connectivity index (χ0) is 18.6. The highest BCUT2D eigenvalue weighted by Crippen LogP contribution is 2.48. The van der Waals surface area contributed by atoms with Gasteiger partial charge in [-0.15, -0.1) is 0 Å². The first kappa shape index (κ1) is 16.4. The molecule has 0 fully saturated rings. The van der Waals surface area contributed by atoms with E-state index >= 15 is 0 Å². The van der Waals surface area contributed by atoms with Crippen LogP contribution in [0.3, 0.4) is 0 Å². The molecule has 1 aliphatic rings. The van der Waals surface area contributed by atoms with Gasteiger partial charge in [-0.25, -0.2) is 0 Å². The zero-order valence-corrected chi connectivity index (χ0v) is 15.0. The Kier molecular flexibility index (Phi) is 3.61. The molecule has 7 heteroatoms. The Morgan fingerprint density at radius 1 is 0.923 bits per heavy atom. The van der Waals surface area contributed by atoms with E-state index in [-0.39, 0.29) is 22.4 Å². The molecule has 0 unspecified atom stereocenters. The molecular weight excluding hydrogens is 338 g/mol. The molecule has 0 spiro atoms. The van der Waals surface area contributed by atoms with Gasteiger partial charge in [-0.3, -0.25) is 4.79 Å². The van der Waals surface area contributed by atoms with Crippen molar-refractivity contribution in [1.29, 1.82) is 0 Å². The lowest BCUT2D eigenvalue weighted by Crippen LogP contribution is -2.19. The van der Waals surface area contributed by atoms with Gasteiger partial charge in [0.05, 0.1) is 44.7 Å². The van der Waals surface area contributed by atoms with Crippen molar-refractivity contribution in [3.05, 3.63) is 28.0 Å². The SMILES string of the molecule is COc1cc2c(c(O)c1OC)c(=O)n1c3c(cc(OC)c(OC)c23)CC1. The monoisotopic (exact) mass is 357 g/mol. The molecule has 2 aromatic carbocycles. The molecular formula is C19H19NO6. The van der Waals surface area contributed by atoms with Crippen LogP contribution in [-0.4, -0.2) is 38.1 Å². The molecule has 0 radical (unpaired) electrons. The largest absolute Gasteiger partial charge is 0.504 e. The molecule has 7 nitrogen and oxygen atoms in total. The van der Waals surface area contributed by atoms with E-state index in [1.54, 1.807) is 24.9 Å². The third-order valence-corrected chi connectivity index (χ3v) is 4.97. The average molecular weight is 357 g/mol. The van der Waals surface area contributed by atoms with E-state index in [1.165, 1.54) is 14.2 Å². The highest BCUT2D eigenvalue weighted by molar-refractivity contribution is 6.14. The van der Waals surface area contributed by atoms with E-state index < -0.39 is 0 Å². The van der Waals surface area contributed by atoms with Crippen LogP contribution in [0.4, 0.5) is 0 Å². The van der Waals surface area contributed by atoms with Crippen LogP contribution >= 0.6 is 0 Å². The molecule has 1 N–H and O–H groups in total. The van der Waals surface area contributed by atoms with Crippen molar-refractivity contribution >= 4 is 21.7 Å². The van der Waals surface area contributed by atoms with Crippen LogP contribution in [0.1, 0.15) is 5.56 Å². The van der Waals surface area contributed by atoms with Crippen molar-refractivity contribution in [3.8, 4) is 28.7 Å². The fourth-order valence-corrected chi connectivity index (χ4v) is 3.86. The Morgan fingerprint density at radius 3 is 2.19 bits per heavy atom. The number of hydrogen-bond acceptors (Lipinski definition) is 6. The van der Waals surface area contributed by atoms with Crippen molar-refractivity contribution in [2.75, 3.05) is 28.4 Å². The van der Waals surface area contributed by atoms with Crippen LogP contribution in [0.25, 0.3) is 21.7 Å². The molecule has 0 amide bonds. The number of aromatic hydroxyl groups is 1. The first-order valence-corrected chi connectivity index (χ1v) is 8.15. The standard InChI is InChI=1S/C19H19NO6/c1-23-11-7-9-5-6-20-15(9)13(17(11)25-3)10-8-12(24-2)18(26-4)16(21)14(10)19(20)22/h7-8,21H,5-6H2,1-4H3. The molecule has 4 rings (SSSR count). The number of methoxy groups -OCH3 is 4. The summed E-state index contributed by atoms with van der Waals surface area (Å²) >= 11 is 0. The van der Waals surface area contributed by atoms with Gasteiger partial charge in [0.25, 0.3) is 5.56 Å². The number of aryl methyl sites for hydroxylation is 2. The lowest BCUT2D eigenvalue weighted by atomic mass is 10.0. The van der Waals surface area contributed by atoms with Crippen molar-refractivity contribution in [3.63, 3.8) is 0 Å². The van der Waals surface area contributed by atoms with Gasteiger partial charge in [-0.2, -0.15) is 0 Å². The smallest absolute Gasteiger partial charge is 0.262 e. The molecule has 0 saturated carbocycles. The zero-order valence-electron chi connectivity index (χ0n) is 15.0.